The second-order valence-corrected chi connectivity index (χ2v) is 6.80. The summed E-state index contributed by atoms with van der Waals surface area (Å²) in [4.78, 5) is 8.75. The molecule has 6 heteroatoms. The molecule has 0 unspecified atom stereocenters. The first-order valence-corrected chi connectivity index (χ1v) is 8.87. The molecule has 4 nitrogen and oxygen atoms in total. The summed E-state index contributed by atoms with van der Waals surface area (Å²) >= 11 is 12.0. The van der Waals surface area contributed by atoms with E-state index < -0.39 is 0 Å². The normalized spacial score (nSPS) is 12.7. The highest BCUT2D eigenvalue weighted by Gasteiger charge is 2.11. The standard InChI is InChI=1S/C19H16Cl2N4/c20-16-7-6-15(11-17(16)21)24-19-22-9-8-18(25-19)23-14-5-4-12-2-1-3-13(12)10-14/h4-11H,1-3H2,(H2,22,23,24,25). The molecule has 0 fully saturated rings. The summed E-state index contributed by atoms with van der Waals surface area (Å²) < 4.78 is 0. The highest BCUT2D eigenvalue weighted by atomic mass is 35.5. The van der Waals surface area contributed by atoms with Gasteiger partial charge in [-0.05, 0) is 66.8 Å². The maximum Gasteiger partial charge on any atom is 0.229 e. The quantitative estimate of drug-likeness (QED) is 0.612. The summed E-state index contributed by atoms with van der Waals surface area (Å²) in [5, 5.41) is 7.48. The topological polar surface area (TPSA) is 49.8 Å². The molecule has 0 atom stereocenters. The predicted octanol–water partition coefficient (Wildman–Crippen LogP) is 5.76. The molecule has 126 valence electrons. The van der Waals surface area contributed by atoms with Crippen LogP contribution in [-0.4, -0.2) is 9.97 Å². The van der Waals surface area contributed by atoms with Crippen molar-refractivity contribution in [3.05, 3.63) is 69.8 Å². The van der Waals surface area contributed by atoms with Crippen molar-refractivity contribution in [3.8, 4) is 0 Å². The predicted molar refractivity (Wildman–Crippen MR) is 104 cm³/mol. The molecule has 0 spiro atoms. The van der Waals surface area contributed by atoms with Crippen LogP contribution in [0.1, 0.15) is 17.5 Å². The summed E-state index contributed by atoms with van der Waals surface area (Å²) in [6.45, 7) is 0. The number of fused-ring (bicyclic) bond motifs is 1. The number of anilines is 4. The van der Waals surface area contributed by atoms with E-state index in [4.69, 9.17) is 23.2 Å². The Bertz CT molecular complexity index is 927. The minimum atomic E-state index is 0.485. The molecule has 0 amide bonds. The minimum Gasteiger partial charge on any atom is -0.340 e. The number of nitrogens with zero attached hydrogens (tertiary/aromatic N) is 2. The van der Waals surface area contributed by atoms with E-state index in [1.54, 1.807) is 18.3 Å². The van der Waals surface area contributed by atoms with Gasteiger partial charge in [0.1, 0.15) is 5.82 Å². The van der Waals surface area contributed by atoms with Gasteiger partial charge in [-0.3, -0.25) is 0 Å². The average molecular weight is 371 g/mol. The molecular weight excluding hydrogens is 355 g/mol. The maximum absolute atomic E-state index is 6.04. The Balaban J connectivity index is 1.52. The summed E-state index contributed by atoms with van der Waals surface area (Å²) in [7, 11) is 0. The van der Waals surface area contributed by atoms with Gasteiger partial charge in [-0.25, -0.2) is 4.98 Å². The number of rotatable bonds is 4. The second-order valence-electron chi connectivity index (χ2n) is 5.98. The van der Waals surface area contributed by atoms with Crippen LogP contribution in [0.5, 0.6) is 0 Å². The molecule has 1 aromatic heterocycles. The van der Waals surface area contributed by atoms with Crippen LogP contribution in [0.4, 0.5) is 23.1 Å². The van der Waals surface area contributed by atoms with E-state index >= 15 is 0 Å². The van der Waals surface area contributed by atoms with E-state index in [-0.39, 0.29) is 0 Å². The lowest BCUT2D eigenvalue weighted by Crippen LogP contribution is -2.00. The third-order valence-corrected chi connectivity index (χ3v) is 4.94. The van der Waals surface area contributed by atoms with Gasteiger partial charge in [-0.15, -0.1) is 0 Å². The summed E-state index contributed by atoms with van der Waals surface area (Å²) in [5.41, 5.74) is 4.70. The van der Waals surface area contributed by atoms with Crippen molar-refractivity contribution < 1.29 is 0 Å². The molecule has 1 heterocycles. The van der Waals surface area contributed by atoms with Gasteiger partial charge in [0.25, 0.3) is 0 Å². The van der Waals surface area contributed by atoms with Crippen LogP contribution in [0, 0.1) is 0 Å². The van der Waals surface area contributed by atoms with Crippen molar-refractivity contribution in [2.24, 2.45) is 0 Å². The monoisotopic (exact) mass is 370 g/mol. The van der Waals surface area contributed by atoms with Gasteiger partial charge in [0.2, 0.25) is 5.95 Å². The van der Waals surface area contributed by atoms with Gasteiger partial charge < -0.3 is 10.6 Å². The number of aromatic nitrogens is 2. The van der Waals surface area contributed by atoms with Crippen molar-refractivity contribution in [2.75, 3.05) is 10.6 Å². The molecule has 2 N–H and O–H groups in total. The van der Waals surface area contributed by atoms with E-state index in [9.17, 15) is 0 Å². The van der Waals surface area contributed by atoms with Crippen LogP contribution in [0.25, 0.3) is 0 Å². The van der Waals surface area contributed by atoms with Crippen molar-refractivity contribution >= 4 is 46.3 Å². The number of nitrogens with one attached hydrogen (secondary N) is 2. The number of benzene rings is 2. The fraction of sp³-hybridized carbons (Fsp3) is 0.158. The van der Waals surface area contributed by atoms with Crippen LogP contribution in [-0.2, 0) is 12.8 Å². The summed E-state index contributed by atoms with van der Waals surface area (Å²) in [6.07, 6.45) is 5.28. The van der Waals surface area contributed by atoms with Crippen LogP contribution in [0.3, 0.4) is 0 Å². The number of aryl methyl sites for hydroxylation is 2. The third kappa shape index (κ3) is 3.70. The van der Waals surface area contributed by atoms with E-state index in [1.165, 1.54) is 24.0 Å². The van der Waals surface area contributed by atoms with E-state index in [2.05, 4.69) is 38.8 Å². The zero-order chi connectivity index (χ0) is 17.2. The Labute approximate surface area is 156 Å². The molecule has 4 rings (SSSR count). The Morgan fingerprint density at radius 3 is 2.48 bits per heavy atom. The first-order chi connectivity index (χ1) is 12.2. The molecule has 2 aromatic carbocycles. The van der Waals surface area contributed by atoms with Gasteiger partial charge in [-0.2, -0.15) is 4.98 Å². The van der Waals surface area contributed by atoms with Gasteiger partial charge in [0.05, 0.1) is 10.0 Å². The van der Waals surface area contributed by atoms with Crippen LogP contribution >= 0.6 is 23.2 Å². The molecule has 0 saturated carbocycles. The fourth-order valence-electron chi connectivity index (χ4n) is 2.99. The smallest absolute Gasteiger partial charge is 0.229 e. The van der Waals surface area contributed by atoms with Crippen molar-refractivity contribution in [1.29, 1.82) is 0 Å². The van der Waals surface area contributed by atoms with Crippen LogP contribution in [0.2, 0.25) is 10.0 Å². The van der Waals surface area contributed by atoms with Gasteiger partial charge in [-0.1, -0.05) is 29.3 Å². The van der Waals surface area contributed by atoms with Gasteiger partial charge >= 0.3 is 0 Å². The molecule has 0 aliphatic heterocycles. The molecule has 0 radical (unpaired) electrons. The summed E-state index contributed by atoms with van der Waals surface area (Å²) in [6, 6.07) is 13.6. The largest absolute Gasteiger partial charge is 0.340 e. The summed E-state index contributed by atoms with van der Waals surface area (Å²) in [5.74, 6) is 1.22. The molecular formula is C19H16Cl2N4. The van der Waals surface area contributed by atoms with E-state index in [1.807, 2.05) is 12.1 Å². The number of halogens is 2. The lowest BCUT2D eigenvalue weighted by atomic mass is 10.1. The first-order valence-electron chi connectivity index (χ1n) is 8.11. The minimum absolute atomic E-state index is 0.485. The van der Waals surface area contributed by atoms with Crippen molar-refractivity contribution in [2.45, 2.75) is 19.3 Å². The Hall–Kier alpha value is -2.30. The van der Waals surface area contributed by atoms with E-state index in [0.717, 1.165) is 23.6 Å². The number of hydrogen-bond acceptors (Lipinski definition) is 4. The lowest BCUT2D eigenvalue weighted by Gasteiger charge is -2.10. The Kier molecular flexibility index (Phi) is 4.47. The van der Waals surface area contributed by atoms with Crippen molar-refractivity contribution in [3.63, 3.8) is 0 Å². The first kappa shape index (κ1) is 16.2. The van der Waals surface area contributed by atoms with Crippen molar-refractivity contribution in [1.82, 2.24) is 9.97 Å². The van der Waals surface area contributed by atoms with Crippen LogP contribution in [0.15, 0.2) is 48.7 Å². The lowest BCUT2D eigenvalue weighted by molar-refractivity contribution is 0.912. The Morgan fingerprint density at radius 1 is 0.800 bits per heavy atom. The third-order valence-electron chi connectivity index (χ3n) is 4.20. The zero-order valence-corrected chi connectivity index (χ0v) is 14.9. The van der Waals surface area contributed by atoms with Crippen LogP contribution < -0.4 is 10.6 Å². The highest BCUT2D eigenvalue weighted by molar-refractivity contribution is 6.42. The molecule has 25 heavy (non-hydrogen) atoms. The molecule has 0 bridgehead atoms. The molecule has 3 aromatic rings. The molecule has 0 saturated heterocycles. The van der Waals surface area contributed by atoms with Gasteiger partial charge in [0.15, 0.2) is 0 Å². The molecule has 1 aliphatic rings. The highest BCUT2D eigenvalue weighted by Crippen LogP contribution is 2.28. The van der Waals surface area contributed by atoms with Gasteiger partial charge in [0, 0.05) is 17.6 Å². The average Bonchev–Trinajstić information content (AvgIpc) is 3.06. The molecule has 1 aliphatic carbocycles. The maximum atomic E-state index is 6.04. The number of hydrogen-bond donors (Lipinski definition) is 2. The second kappa shape index (κ2) is 6.90. The Morgan fingerprint density at radius 2 is 1.60 bits per heavy atom. The SMILES string of the molecule is Clc1ccc(Nc2nccc(Nc3ccc4c(c3)CCC4)n2)cc1Cl. The van der Waals surface area contributed by atoms with E-state index in [0.29, 0.717) is 16.0 Å². The zero-order valence-electron chi connectivity index (χ0n) is 13.4. The fourth-order valence-corrected chi connectivity index (χ4v) is 3.29.